The molecule has 2 heterocycles. The summed E-state index contributed by atoms with van der Waals surface area (Å²) in [7, 11) is -5.48. The Morgan fingerprint density at radius 1 is 1.13 bits per heavy atom. The van der Waals surface area contributed by atoms with Crippen LogP contribution in [0.2, 0.25) is 0 Å². The number of sulfonamides is 1. The lowest BCUT2D eigenvalue weighted by molar-refractivity contribution is -0.132. The summed E-state index contributed by atoms with van der Waals surface area (Å²) in [5.74, 6) is -4.58. The van der Waals surface area contributed by atoms with Crippen molar-refractivity contribution in [2.45, 2.75) is 36.9 Å². The fourth-order valence-corrected chi connectivity index (χ4v) is 5.02. The molecule has 2 aliphatic rings. The van der Waals surface area contributed by atoms with Gasteiger partial charge in [0, 0.05) is 44.2 Å². The predicted octanol–water partition coefficient (Wildman–Crippen LogP) is 1.75. The Morgan fingerprint density at radius 3 is 2.40 bits per heavy atom. The van der Waals surface area contributed by atoms with Crippen LogP contribution in [-0.2, 0) is 21.2 Å². The largest absolute Gasteiger partial charge is 0.511 e. The molecule has 1 aromatic rings. The highest BCUT2D eigenvalue weighted by Crippen LogP contribution is 2.37. The van der Waals surface area contributed by atoms with Gasteiger partial charge in [0.2, 0.25) is 5.91 Å². The molecule has 3 rings (SSSR count). The average Bonchev–Trinajstić information content (AvgIpc) is 3.19. The highest BCUT2D eigenvalue weighted by atomic mass is 32.2. The van der Waals surface area contributed by atoms with Crippen molar-refractivity contribution in [1.29, 1.82) is 0 Å². The Balaban J connectivity index is 1.63. The maximum Gasteiger partial charge on any atom is 0.511 e. The standard InChI is InChI=1S/C17H19F6N3O3S/c18-12-6-14(20)13(19)4-10(12)3-11(24)5-16(27)26-2-1-9-7-25(8-15(9)26)30(28,29)17(21,22)23/h4,6,9,11,15H,1-3,5,7-8,24H2/t9-,11+,15+/m0/s1. The quantitative estimate of drug-likeness (QED) is 0.537. The number of rotatable bonds is 5. The number of hydrogen-bond acceptors (Lipinski definition) is 4. The van der Waals surface area contributed by atoms with Gasteiger partial charge in [-0.15, -0.1) is 0 Å². The van der Waals surface area contributed by atoms with Gasteiger partial charge in [0.1, 0.15) is 5.82 Å². The van der Waals surface area contributed by atoms with Crippen molar-refractivity contribution < 1.29 is 39.6 Å². The number of alkyl halides is 3. The summed E-state index contributed by atoms with van der Waals surface area (Å²) in [5.41, 5.74) is 0.206. The van der Waals surface area contributed by atoms with E-state index in [4.69, 9.17) is 5.73 Å². The zero-order valence-corrected chi connectivity index (χ0v) is 16.3. The van der Waals surface area contributed by atoms with E-state index >= 15 is 0 Å². The summed E-state index contributed by atoms with van der Waals surface area (Å²) in [6, 6.07) is -0.634. The van der Waals surface area contributed by atoms with Crippen LogP contribution in [0.1, 0.15) is 18.4 Å². The first-order valence-electron chi connectivity index (χ1n) is 9.06. The molecule has 168 valence electrons. The monoisotopic (exact) mass is 459 g/mol. The van der Waals surface area contributed by atoms with Crippen molar-refractivity contribution in [2.75, 3.05) is 19.6 Å². The molecule has 2 N–H and O–H groups in total. The molecule has 0 radical (unpaired) electrons. The number of carbonyl (C=O) groups excluding carboxylic acids is 1. The molecule has 6 nitrogen and oxygen atoms in total. The third-order valence-electron chi connectivity index (χ3n) is 5.48. The average molecular weight is 459 g/mol. The van der Waals surface area contributed by atoms with E-state index in [0.29, 0.717) is 22.9 Å². The van der Waals surface area contributed by atoms with E-state index in [9.17, 15) is 39.6 Å². The van der Waals surface area contributed by atoms with E-state index < -0.39 is 63.4 Å². The van der Waals surface area contributed by atoms with Gasteiger partial charge in [0.25, 0.3) is 0 Å². The van der Waals surface area contributed by atoms with Gasteiger partial charge in [-0.3, -0.25) is 4.79 Å². The second-order valence-electron chi connectivity index (χ2n) is 7.50. The van der Waals surface area contributed by atoms with E-state index in [1.807, 2.05) is 0 Å². The van der Waals surface area contributed by atoms with Crippen LogP contribution in [0.15, 0.2) is 12.1 Å². The summed E-state index contributed by atoms with van der Waals surface area (Å²) in [5, 5.41) is 0. The van der Waals surface area contributed by atoms with Gasteiger partial charge >= 0.3 is 15.5 Å². The van der Waals surface area contributed by atoms with Crippen LogP contribution in [-0.4, -0.2) is 60.8 Å². The van der Waals surface area contributed by atoms with Crippen molar-refractivity contribution in [3.8, 4) is 0 Å². The highest BCUT2D eigenvalue weighted by Gasteiger charge is 2.55. The maximum atomic E-state index is 13.7. The summed E-state index contributed by atoms with van der Waals surface area (Å²) in [6.07, 6.45) is -0.230. The molecule has 1 aromatic carbocycles. The first kappa shape index (κ1) is 22.8. The Morgan fingerprint density at radius 2 is 1.77 bits per heavy atom. The molecule has 0 aliphatic carbocycles. The van der Waals surface area contributed by atoms with Gasteiger partial charge in [-0.05, 0) is 30.4 Å². The van der Waals surface area contributed by atoms with Crippen molar-refractivity contribution in [2.24, 2.45) is 11.7 Å². The minimum Gasteiger partial charge on any atom is -0.338 e. The van der Waals surface area contributed by atoms with Crippen LogP contribution >= 0.6 is 0 Å². The van der Waals surface area contributed by atoms with Crippen LogP contribution in [0, 0.1) is 23.4 Å². The van der Waals surface area contributed by atoms with E-state index in [0.717, 1.165) is 0 Å². The van der Waals surface area contributed by atoms with Crippen LogP contribution in [0.4, 0.5) is 26.3 Å². The van der Waals surface area contributed by atoms with Crippen LogP contribution in [0.25, 0.3) is 0 Å². The summed E-state index contributed by atoms with van der Waals surface area (Å²) in [6.45, 7) is -0.561. The fraction of sp³-hybridized carbons (Fsp3) is 0.588. The number of nitrogens with zero attached hydrogens (tertiary/aromatic N) is 2. The molecule has 2 aliphatic heterocycles. The topological polar surface area (TPSA) is 83.7 Å². The molecule has 0 spiro atoms. The maximum absolute atomic E-state index is 13.7. The molecule has 13 heteroatoms. The number of carbonyl (C=O) groups is 1. The Bertz CT molecular complexity index is 939. The van der Waals surface area contributed by atoms with E-state index in [-0.39, 0.29) is 31.5 Å². The van der Waals surface area contributed by atoms with Gasteiger partial charge < -0.3 is 10.6 Å². The summed E-state index contributed by atoms with van der Waals surface area (Å²) < 4.78 is 102. The first-order valence-corrected chi connectivity index (χ1v) is 10.5. The molecule has 2 fully saturated rings. The lowest BCUT2D eigenvalue weighted by Crippen LogP contribution is -2.45. The lowest BCUT2D eigenvalue weighted by Gasteiger charge is -2.26. The highest BCUT2D eigenvalue weighted by molar-refractivity contribution is 7.90. The van der Waals surface area contributed by atoms with Gasteiger partial charge in [0.05, 0.1) is 0 Å². The molecular formula is C17H19F6N3O3S. The Kier molecular flexibility index (Phi) is 6.09. The van der Waals surface area contributed by atoms with E-state index in [1.165, 1.54) is 4.90 Å². The number of hydrogen-bond donors (Lipinski definition) is 1. The minimum absolute atomic E-state index is 0.211. The lowest BCUT2D eigenvalue weighted by atomic mass is 10.0. The van der Waals surface area contributed by atoms with Gasteiger partial charge in [-0.25, -0.2) is 21.6 Å². The Labute approximate surface area is 168 Å². The first-order chi connectivity index (χ1) is 13.8. The number of halogens is 6. The molecular weight excluding hydrogens is 440 g/mol. The third-order valence-corrected chi connectivity index (χ3v) is 7.04. The molecule has 0 unspecified atom stereocenters. The minimum atomic E-state index is -5.48. The molecule has 30 heavy (non-hydrogen) atoms. The number of fused-ring (bicyclic) bond motifs is 1. The van der Waals surface area contributed by atoms with Gasteiger partial charge in [0.15, 0.2) is 11.6 Å². The number of nitrogens with two attached hydrogens (primary N) is 1. The smallest absolute Gasteiger partial charge is 0.338 e. The van der Waals surface area contributed by atoms with E-state index in [2.05, 4.69) is 0 Å². The normalized spacial score (nSPS) is 23.6. The fourth-order valence-electron chi connectivity index (χ4n) is 3.99. The molecule has 0 bridgehead atoms. The summed E-state index contributed by atoms with van der Waals surface area (Å²) >= 11 is 0. The number of likely N-dealkylation sites (tertiary alicyclic amines) is 1. The molecule has 2 saturated heterocycles. The summed E-state index contributed by atoms with van der Waals surface area (Å²) in [4.78, 5) is 13.9. The van der Waals surface area contributed by atoms with Crippen molar-refractivity contribution in [3.63, 3.8) is 0 Å². The van der Waals surface area contributed by atoms with Crippen molar-refractivity contribution in [3.05, 3.63) is 35.1 Å². The van der Waals surface area contributed by atoms with Gasteiger partial charge in [-0.2, -0.15) is 17.5 Å². The van der Waals surface area contributed by atoms with Crippen LogP contribution in [0.3, 0.4) is 0 Å². The number of amides is 1. The SMILES string of the molecule is N[C@@H](CC(=O)N1CC[C@H]2CN(S(=O)(=O)C(F)(F)F)C[C@H]21)Cc1cc(F)c(F)cc1F. The van der Waals surface area contributed by atoms with E-state index in [1.54, 1.807) is 0 Å². The van der Waals surface area contributed by atoms with Gasteiger partial charge in [-0.1, -0.05) is 0 Å². The molecule has 3 atom stereocenters. The van der Waals surface area contributed by atoms with Crippen molar-refractivity contribution in [1.82, 2.24) is 9.21 Å². The second-order valence-corrected chi connectivity index (χ2v) is 9.43. The zero-order chi connectivity index (χ0) is 22.4. The number of benzene rings is 1. The predicted molar refractivity (Wildman–Crippen MR) is 92.8 cm³/mol. The van der Waals surface area contributed by atoms with Crippen molar-refractivity contribution >= 4 is 15.9 Å². The zero-order valence-electron chi connectivity index (χ0n) is 15.5. The molecule has 0 aromatic heterocycles. The molecule has 1 amide bonds. The third kappa shape index (κ3) is 4.28. The Hall–Kier alpha value is -1.86. The van der Waals surface area contributed by atoms with Crippen LogP contribution < -0.4 is 5.73 Å². The molecule has 0 saturated carbocycles. The second kappa shape index (κ2) is 8.00. The van der Waals surface area contributed by atoms with Crippen LogP contribution in [0.5, 0.6) is 0 Å².